The van der Waals surface area contributed by atoms with Crippen molar-refractivity contribution in [1.29, 1.82) is 5.26 Å². The smallest absolute Gasteiger partial charge is 0.232 e. The van der Waals surface area contributed by atoms with Crippen LogP contribution in [-0.4, -0.2) is 34.5 Å². The lowest BCUT2D eigenvalue weighted by atomic mass is 10.0. The van der Waals surface area contributed by atoms with Gasteiger partial charge in [-0.2, -0.15) is 10.2 Å². The van der Waals surface area contributed by atoms with Crippen molar-refractivity contribution < 1.29 is 4.42 Å². The largest absolute Gasteiger partial charge is 0.419 e. The number of likely N-dealkylation sites (tertiary alicyclic amines) is 1. The Morgan fingerprint density at radius 3 is 2.57 bits per heavy atom. The van der Waals surface area contributed by atoms with Crippen LogP contribution in [0.15, 0.2) is 53.2 Å². The molecule has 30 heavy (non-hydrogen) atoms. The van der Waals surface area contributed by atoms with Gasteiger partial charge >= 0.3 is 0 Å². The van der Waals surface area contributed by atoms with Crippen LogP contribution in [0.2, 0.25) is 0 Å². The molecule has 1 aromatic carbocycles. The predicted octanol–water partition coefficient (Wildman–Crippen LogP) is 4.95. The third-order valence-electron chi connectivity index (χ3n) is 5.64. The molecular formula is C24H27N5O. The maximum Gasteiger partial charge on any atom is 0.232 e. The van der Waals surface area contributed by atoms with Gasteiger partial charge < -0.3 is 9.73 Å². The van der Waals surface area contributed by atoms with Crippen LogP contribution in [0.5, 0.6) is 0 Å². The van der Waals surface area contributed by atoms with Crippen molar-refractivity contribution in [3.8, 4) is 17.5 Å². The highest BCUT2D eigenvalue weighted by Gasteiger charge is 2.23. The average molecular weight is 402 g/mol. The van der Waals surface area contributed by atoms with Gasteiger partial charge in [0.1, 0.15) is 6.07 Å². The van der Waals surface area contributed by atoms with Gasteiger partial charge in [0.2, 0.25) is 17.5 Å². The second-order valence-corrected chi connectivity index (χ2v) is 7.81. The number of nitriles is 1. The summed E-state index contributed by atoms with van der Waals surface area (Å²) in [7, 11) is 0. The summed E-state index contributed by atoms with van der Waals surface area (Å²) >= 11 is 0. The number of rotatable bonds is 6. The number of oxazole rings is 1. The molecule has 1 aliphatic heterocycles. The molecule has 0 unspecified atom stereocenters. The van der Waals surface area contributed by atoms with Crippen LogP contribution in [0, 0.1) is 18.3 Å². The molecule has 0 radical (unpaired) electrons. The predicted molar refractivity (Wildman–Crippen MR) is 117 cm³/mol. The Labute approximate surface area is 177 Å². The first kappa shape index (κ1) is 20.1. The summed E-state index contributed by atoms with van der Waals surface area (Å²) in [6.07, 6.45) is 8.41. The first-order chi connectivity index (χ1) is 14.7. The molecule has 1 N–H and O–H groups in total. The normalized spacial score (nSPS) is 15.9. The second kappa shape index (κ2) is 9.55. The van der Waals surface area contributed by atoms with Gasteiger partial charge in [-0.05, 0) is 50.6 Å². The molecule has 0 saturated carbocycles. The summed E-state index contributed by atoms with van der Waals surface area (Å²) in [6, 6.07) is 14.8. The van der Waals surface area contributed by atoms with E-state index in [4.69, 9.17) is 4.42 Å². The molecule has 4 rings (SSSR count). The van der Waals surface area contributed by atoms with Crippen LogP contribution in [0.4, 0.5) is 5.88 Å². The zero-order chi connectivity index (χ0) is 20.8. The van der Waals surface area contributed by atoms with Gasteiger partial charge in [-0.3, -0.25) is 9.88 Å². The fourth-order valence-corrected chi connectivity index (χ4v) is 3.97. The number of aryl methyl sites for hydroxylation is 1. The van der Waals surface area contributed by atoms with E-state index in [-0.39, 0.29) is 11.7 Å². The molecule has 0 amide bonds. The number of hydrogen-bond acceptors (Lipinski definition) is 6. The summed E-state index contributed by atoms with van der Waals surface area (Å²) in [6.45, 7) is 4.93. The molecular weight excluding hydrogens is 374 g/mol. The highest BCUT2D eigenvalue weighted by molar-refractivity contribution is 5.57. The summed E-state index contributed by atoms with van der Waals surface area (Å²) in [5.41, 5.74) is 3.56. The highest BCUT2D eigenvalue weighted by atomic mass is 16.4. The van der Waals surface area contributed by atoms with Crippen LogP contribution >= 0.6 is 0 Å². The lowest BCUT2D eigenvalue weighted by Gasteiger charge is -2.31. The highest BCUT2D eigenvalue weighted by Crippen LogP contribution is 2.28. The number of nitrogens with zero attached hydrogens (tertiary/aromatic N) is 4. The molecule has 6 nitrogen and oxygen atoms in total. The van der Waals surface area contributed by atoms with Gasteiger partial charge in [0.05, 0.1) is 11.6 Å². The SMILES string of the molecule is Cc1ccc([C@H](CNc2oc(-c3cccnc3)nc2C#N)N2CCCCCC2)cc1. The summed E-state index contributed by atoms with van der Waals surface area (Å²) in [5, 5.41) is 12.9. The molecule has 1 fully saturated rings. The van der Waals surface area contributed by atoms with Crippen LogP contribution in [0.25, 0.3) is 11.5 Å². The zero-order valence-electron chi connectivity index (χ0n) is 17.3. The van der Waals surface area contributed by atoms with Crippen molar-refractivity contribution >= 4 is 5.88 Å². The van der Waals surface area contributed by atoms with E-state index >= 15 is 0 Å². The Kier molecular flexibility index (Phi) is 6.41. The van der Waals surface area contributed by atoms with Gasteiger partial charge in [-0.15, -0.1) is 0 Å². The first-order valence-corrected chi connectivity index (χ1v) is 10.6. The molecule has 1 aliphatic rings. The monoisotopic (exact) mass is 401 g/mol. The van der Waals surface area contributed by atoms with Gasteiger partial charge in [0.25, 0.3) is 0 Å². The topological polar surface area (TPSA) is 78.0 Å². The second-order valence-electron chi connectivity index (χ2n) is 7.81. The van der Waals surface area contributed by atoms with Crippen LogP contribution in [0.3, 0.4) is 0 Å². The third kappa shape index (κ3) is 4.69. The third-order valence-corrected chi connectivity index (χ3v) is 5.64. The summed E-state index contributed by atoms with van der Waals surface area (Å²) in [4.78, 5) is 11.0. The number of pyridine rings is 1. The number of anilines is 1. The van der Waals surface area contributed by atoms with E-state index in [1.54, 1.807) is 12.4 Å². The maximum absolute atomic E-state index is 9.54. The zero-order valence-corrected chi connectivity index (χ0v) is 17.3. The van der Waals surface area contributed by atoms with E-state index in [9.17, 15) is 5.26 Å². The Hall–Kier alpha value is -3.17. The Morgan fingerprint density at radius 1 is 1.13 bits per heavy atom. The molecule has 3 heterocycles. The summed E-state index contributed by atoms with van der Waals surface area (Å²) < 4.78 is 5.91. The lowest BCUT2D eigenvalue weighted by Crippen LogP contribution is -2.34. The Bertz CT molecular complexity index is 983. The standard InChI is InChI=1S/C24H27N5O/c1-18-8-10-19(11-9-18)22(29-13-4-2-3-5-14-29)17-27-24-21(15-25)28-23(30-24)20-7-6-12-26-16-20/h6-12,16,22,27H,2-5,13-14,17H2,1H3/t22-/m0/s1. The van der Waals surface area contributed by atoms with Crippen molar-refractivity contribution in [2.45, 2.75) is 38.6 Å². The van der Waals surface area contributed by atoms with Crippen molar-refractivity contribution in [3.63, 3.8) is 0 Å². The van der Waals surface area contributed by atoms with E-state index in [1.807, 2.05) is 12.1 Å². The van der Waals surface area contributed by atoms with Crippen molar-refractivity contribution in [3.05, 3.63) is 65.6 Å². The maximum atomic E-state index is 9.54. The van der Waals surface area contributed by atoms with Gasteiger partial charge in [0, 0.05) is 18.9 Å². The van der Waals surface area contributed by atoms with Crippen molar-refractivity contribution in [1.82, 2.24) is 14.9 Å². The fourth-order valence-electron chi connectivity index (χ4n) is 3.97. The van der Waals surface area contributed by atoms with E-state index in [0.29, 0.717) is 18.3 Å². The molecule has 1 atom stereocenters. The van der Waals surface area contributed by atoms with E-state index in [0.717, 1.165) is 18.7 Å². The number of benzene rings is 1. The van der Waals surface area contributed by atoms with Gasteiger partial charge in [-0.1, -0.05) is 42.7 Å². The quantitative estimate of drug-likeness (QED) is 0.630. The number of nitrogens with one attached hydrogen (secondary N) is 1. The minimum Gasteiger partial charge on any atom is -0.419 e. The minimum absolute atomic E-state index is 0.210. The number of hydrogen-bond donors (Lipinski definition) is 1. The molecule has 0 bridgehead atoms. The lowest BCUT2D eigenvalue weighted by molar-refractivity contribution is 0.213. The van der Waals surface area contributed by atoms with Gasteiger partial charge in [0.15, 0.2) is 0 Å². The Morgan fingerprint density at radius 2 is 1.90 bits per heavy atom. The van der Waals surface area contributed by atoms with Crippen LogP contribution in [0.1, 0.15) is 48.5 Å². The molecule has 154 valence electrons. The van der Waals surface area contributed by atoms with Crippen molar-refractivity contribution in [2.24, 2.45) is 0 Å². The number of aromatic nitrogens is 2. The average Bonchev–Trinajstić information content (AvgIpc) is 3.01. The van der Waals surface area contributed by atoms with Crippen LogP contribution < -0.4 is 5.32 Å². The van der Waals surface area contributed by atoms with Gasteiger partial charge in [-0.25, -0.2) is 0 Å². The molecule has 0 spiro atoms. The van der Waals surface area contributed by atoms with E-state index in [1.165, 1.54) is 36.8 Å². The minimum atomic E-state index is 0.210. The van der Waals surface area contributed by atoms with E-state index < -0.39 is 0 Å². The van der Waals surface area contributed by atoms with E-state index in [2.05, 4.69) is 57.4 Å². The molecule has 3 aromatic rings. The first-order valence-electron chi connectivity index (χ1n) is 10.6. The van der Waals surface area contributed by atoms with Crippen LogP contribution in [-0.2, 0) is 0 Å². The Balaban J connectivity index is 1.57. The van der Waals surface area contributed by atoms with Crippen molar-refractivity contribution in [2.75, 3.05) is 25.0 Å². The molecule has 2 aromatic heterocycles. The summed E-state index contributed by atoms with van der Waals surface area (Å²) in [5.74, 6) is 0.826. The fraction of sp³-hybridized carbons (Fsp3) is 0.375. The molecule has 1 saturated heterocycles. The molecule has 0 aliphatic carbocycles. The molecule has 6 heteroatoms.